The fourth-order valence-corrected chi connectivity index (χ4v) is 1.99. The van der Waals surface area contributed by atoms with Crippen LogP contribution < -0.4 is 0 Å². The van der Waals surface area contributed by atoms with Gasteiger partial charge in [-0.15, -0.1) is 10.2 Å². The number of rotatable bonds is 4. The van der Waals surface area contributed by atoms with Crippen LogP contribution in [0.5, 0.6) is 0 Å². The molecule has 0 aliphatic carbocycles. The van der Waals surface area contributed by atoms with E-state index >= 15 is 0 Å². The first kappa shape index (κ1) is 13.2. The third kappa shape index (κ3) is 3.42. The maximum Gasteiger partial charge on any atom is 0.204 e. The first-order valence-electron chi connectivity index (χ1n) is 6.88. The van der Waals surface area contributed by atoms with Gasteiger partial charge in [-0.25, -0.2) is 0 Å². The van der Waals surface area contributed by atoms with Gasteiger partial charge in [-0.1, -0.05) is 72.3 Å². The Morgan fingerprint density at radius 1 is 1.00 bits per heavy atom. The van der Waals surface area contributed by atoms with Gasteiger partial charge in [0.2, 0.25) is 5.82 Å². The summed E-state index contributed by atoms with van der Waals surface area (Å²) in [6.07, 6.45) is 4.07. The molecule has 104 valence electrons. The highest BCUT2D eigenvalue weighted by Gasteiger charge is 2.04. The van der Waals surface area contributed by atoms with E-state index in [0.717, 1.165) is 11.1 Å². The zero-order chi connectivity index (χ0) is 14.5. The van der Waals surface area contributed by atoms with E-state index in [2.05, 4.69) is 40.5 Å². The van der Waals surface area contributed by atoms with Crippen LogP contribution in [0.4, 0.5) is 0 Å². The summed E-state index contributed by atoms with van der Waals surface area (Å²) in [6.45, 7) is 2.66. The van der Waals surface area contributed by atoms with Crippen LogP contribution in [0.1, 0.15) is 11.1 Å². The van der Waals surface area contributed by atoms with Gasteiger partial charge in [0.05, 0.1) is 6.54 Å². The van der Waals surface area contributed by atoms with Crippen molar-refractivity contribution in [2.45, 2.75) is 13.5 Å². The van der Waals surface area contributed by atoms with Crippen molar-refractivity contribution in [1.29, 1.82) is 0 Å². The van der Waals surface area contributed by atoms with E-state index in [1.54, 1.807) is 4.80 Å². The lowest BCUT2D eigenvalue weighted by molar-refractivity contribution is 0.583. The van der Waals surface area contributed by atoms with Gasteiger partial charge in [0.25, 0.3) is 0 Å². The molecule has 1 heterocycles. The molecule has 0 fully saturated rings. The lowest BCUT2D eigenvalue weighted by Gasteiger charge is -1.95. The fraction of sp³-hybridized carbons (Fsp3) is 0.118. The highest BCUT2D eigenvalue weighted by molar-refractivity contribution is 5.54. The Morgan fingerprint density at radius 3 is 2.52 bits per heavy atom. The second kappa shape index (κ2) is 6.13. The van der Waals surface area contributed by atoms with Gasteiger partial charge in [-0.2, -0.15) is 4.80 Å². The molecule has 4 nitrogen and oxygen atoms in total. The summed E-state index contributed by atoms with van der Waals surface area (Å²) in [4.78, 5) is 1.59. The summed E-state index contributed by atoms with van der Waals surface area (Å²) < 4.78 is 0. The van der Waals surface area contributed by atoms with E-state index < -0.39 is 0 Å². The molecule has 0 radical (unpaired) electrons. The average molecular weight is 276 g/mol. The van der Waals surface area contributed by atoms with Crippen molar-refractivity contribution in [3.63, 3.8) is 0 Å². The molecule has 0 aliphatic rings. The smallest absolute Gasteiger partial charge is 0.160 e. The molecule has 4 heteroatoms. The molecule has 0 atom stereocenters. The van der Waals surface area contributed by atoms with Crippen LogP contribution in [0.3, 0.4) is 0 Å². The standard InChI is InChI=1S/C17H16N4/c1-14-9-11-16(12-10-14)17-18-20-21(19-17)13-5-8-15-6-3-2-4-7-15/h2-12H,13H2,1H3/b8-5+. The third-order valence-corrected chi connectivity index (χ3v) is 3.14. The lowest BCUT2D eigenvalue weighted by atomic mass is 10.1. The van der Waals surface area contributed by atoms with E-state index in [1.165, 1.54) is 5.56 Å². The van der Waals surface area contributed by atoms with Gasteiger partial charge < -0.3 is 0 Å². The molecule has 0 amide bonds. The average Bonchev–Trinajstić information content (AvgIpc) is 2.98. The molecule has 0 saturated heterocycles. The molecule has 1 aromatic heterocycles. The highest BCUT2D eigenvalue weighted by atomic mass is 15.6. The van der Waals surface area contributed by atoms with Gasteiger partial charge in [-0.05, 0) is 17.7 Å². The molecule has 0 spiro atoms. The number of aryl methyl sites for hydroxylation is 1. The van der Waals surface area contributed by atoms with Crippen LogP contribution >= 0.6 is 0 Å². The number of aromatic nitrogens is 4. The maximum atomic E-state index is 4.38. The van der Waals surface area contributed by atoms with Gasteiger partial charge in [0, 0.05) is 5.56 Å². The van der Waals surface area contributed by atoms with Gasteiger partial charge in [-0.3, -0.25) is 0 Å². The van der Waals surface area contributed by atoms with Crippen molar-refractivity contribution in [3.05, 3.63) is 71.8 Å². The minimum absolute atomic E-state index is 0.605. The molecule has 0 unspecified atom stereocenters. The molecule has 21 heavy (non-hydrogen) atoms. The summed E-state index contributed by atoms with van der Waals surface area (Å²) in [7, 11) is 0. The number of nitrogens with zero attached hydrogens (tertiary/aromatic N) is 4. The summed E-state index contributed by atoms with van der Waals surface area (Å²) in [5, 5.41) is 12.5. The van der Waals surface area contributed by atoms with E-state index in [-0.39, 0.29) is 0 Å². The second-order valence-corrected chi connectivity index (χ2v) is 4.85. The molecule has 3 rings (SSSR count). The summed E-state index contributed by atoms with van der Waals surface area (Å²) in [5.74, 6) is 0.656. The Labute approximate surface area is 123 Å². The maximum absolute atomic E-state index is 4.38. The van der Waals surface area contributed by atoms with Crippen molar-refractivity contribution in [2.75, 3.05) is 0 Å². The quantitative estimate of drug-likeness (QED) is 0.734. The SMILES string of the molecule is Cc1ccc(-c2nnn(C/C=C/c3ccccc3)n2)cc1. The van der Waals surface area contributed by atoms with Crippen LogP contribution in [0.25, 0.3) is 17.5 Å². The predicted octanol–water partition coefficient (Wildman–Crippen LogP) is 3.36. The Bertz CT molecular complexity index is 727. The predicted molar refractivity (Wildman–Crippen MR) is 83.5 cm³/mol. The molecule has 3 aromatic rings. The van der Waals surface area contributed by atoms with E-state index in [0.29, 0.717) is 12.4 Å². The van der Waals surface area contributed by atoms with Gasteiger partial charge >= 0.3 is 0 Å². The van der Waals surface area contributed by atoms with Gasteiger partial charge in [0.15, 0.2) is 0 Å². The fourth-order valence-electron chi connectivity index (χ4n) is 1.99. The zero-order valence-corrected chi connectivity index (χ0v) is 11.8. The van der Waals surface area contributed by atoms with Crippen molar-refractivity contribution in [1.82, 2.24) is 20.2 Å². The molecule has 0 aliphatic heterocycles. The third-order valence-electron chi connectivity index (χ3n) is 3.14. The Hall–Kier alpha value is -2.75. The minimum Gasteiger partial charge on any atom is -0.160 e. The largest absolute Gasteiger partial charge is 0.204 e. The number of hydrogen-bond acceptors (Lipinski definition) is 3. The monoisotopic (exact) mass is 276 g/mol. The van der Waals surface area contributed by atoms with Crippen LogP contribution in [0.15, 0.2) is 60.7 Å². The Kier molecular flexibility index (Phi) is 3.87. The van der Waals surface area contributed by atoms with Crippen LogP contribution in [-0.2, 0) is 6.54 Å². The second-order valence-electron chi connectivity index (χ2n) is 4.85. The van der Waals surface area contributed by atoms with Gasteiger partial charge in [0.1, 0.15) is 0 Å². The number of hydrogen-bond donors (Lipinski definition) is 0. The summed E-state index contributed by atoms with van der Waals surface area (Å²) in [5.41, 5.74) is 3.37. The Morgan fingerprint density at radius 2 is 1.76 bits per heavy atom. The molecular formula is C17H16N4. The minimum atomic E-state index is 0.605. The normalized spacial score (nSPS) is 11.1. The van der Waals surface area contributed by atoms with E-state index in [4.69, 9.17) is 0 Å². The van der Waals surface area contributed by atoms with Crippen LogP contribution in [0, 0.1) is 6.92 Å². The highest BCUT2D eigenvalue weighted by Crippen LogP contribution is 2.13. The Balaban J connectivity index is 1.68. The molecule has 0 saturated carbocycles. The number of allylic oxidation sites excluding steroid dienone is 1. The first-order chi connectivity index (χ1) is 10.3. The topological polar surface area (TPSA) is 43.6 Å². The van der Waals surface area contributed by atoms with Crippen molar-refractivity contribution >= 4 is 6.08 Å². The molecule has 0 N–H and O–H groups in total. The summed E-state index contributed by atoms with van der Waals surface area (Å²) >= 11 is 0. The van der Waals surface area contributed by atoms with Crippen LogP contribution in [-0.4, -0.2) is 20.2 Å². The lowest BCUT2D eigenvalue weighted by Crippen LogP contribution is -1.99. The zero-order valence-electron chi connectivity index (χ0n) is 11.8. The van der Waals surface area contributed by atoms with E-state index in [9.17, 15) is 0 Å². The van der Waals surface area contributed by atoms with Crippen molar-refractivity contribution in [3.8, 4) is 11.4 Å². The summed E-state index contributed by atoms with van der Waals surface area (Å²) in [6, 6.07) is 18.3. The number of tetrazole rings is 1. The molecule has 2 aromatic carbocycles. The molecule has 0 bridgehead atoms. The van der Waals surface area contributed by atoms with Crippen molar-refractivity contribution in [2.24, 2.45) is 0 Å². The van der Waals surface area contributed by atoms with Crippen LogP contribution in [0.2, 0.25) is 0 Å². The first-order valence-corrected chi connectivity index (χ1v) is 6.88. The molecular weight excluding hydrogens is 260 g/mol. The van der Waals surface area contributed by atoms with Crippen molar-refractivity contribution < 1.29 is 0 Å². The number of benzene rings is 2. The van der Waals surface area contributed by atoms with E-state index in [1.807, 2.05) is 48.5 Å².